The van der Waals surface area contributed by atoms with E-state index in [1.807, 2.05) is 13.8 Å². The van der Waals surface area contributed by atoms with E-state index in [0.29, 0.717) is 18.0 Å². The van der Waals surface area contributed by atoms with E-state index in [2.05, 4.69) is 15.0 Å². The molecule has 146 valence electrons. The Hall–Kier alpha value is -2.48. The second kappa shape index (κ2) is 8.94. The summed E-state index contributed by atoms with van der Waals surface area (Å²) in [6.45, 7) is 4.56. The fraction of sp³-hybridized carbons (Fsp3) is 0.333. The third-order valence-electron chi connectivity index (χ3n) is 3.26. The summed E-state index contributed by atoms with van der Waals surface area (Å²) >= 11 is 5.68. The molecule has 1 aromatic carbocycles. The van der Waals surface area contributed by atoms with E-state index in [4.69, 9.17) is 16.3 Å². The number of nitrogens with one attached hydrogen (secondary N) is 1. The number of amides is 1. The summed E-state index contributed by atoms with van der Waals surface area (Å²) in [5, 5.41) is 2.57. The molecule has 0 atom stereocenters. The van der Waals surface area contributed by atoms with Gasteiger partial charge in [-0.1, -0.05) is 31.5 Å². The van der Waals surface area contributed by atoms with Crippen molar-refractivity contribution in [3.8, 4) is 11.5 Å². The van der Waals surface area contributed by atoms with Gasteiger partial charge in [-0.3, -0.25) is 9.78 Å². The summed E-state index contributed by atoms with van der Waals surface area (Å²) in [6, 6.07) is 6.93. The van der Waals surface area contributed by atoms with Gasteiger partial charge in [0.2, 0.25) is 0 Å². The minimum absolute atomic E-state index is 0.0496. The van der Waals surface area contributed by atoms with Crippen LogP contribution >= 0.6 is 11.6 Å². The summed E-state index contributed by atoms with van der Waals surface area (Å²) in [5.41, 5.74) is 0.912. The van der Waals surface area contributed by atoms with Gasteiger partial charge in [0, 0.05) is 24.4 Å². The molecule has 5 nitrogen and oxygen atoms in total. The van der Waals surface area contributed by atoms with Crippen molar-refractivity contribution >= 4 is 17.5 Å². The van der Waals surface area contributed by atoms with Crippen LogP contribution in [0.2, 0.25) is 5.02 Å². The van der Waals surface area contributed by atoms with Crippen molar-refractivity contribution in [2.24, 2.45) is 5.92 Å². The molecule has 0 unspecified atom stereocenters. The lowest BCUT2D eigenvalue weighted by Gasteiger charge is -2.12. The Labute approximate surface area is 159 Å². The number of rotatable bonds is 7. The van der Waals surface area contributed by atoms with Gasteiger partial charge in [0.25, 0.3) is 5.91 Å². The van der Waals surface area contributed by atoms with Crippen molar-refractivity contribution in [1.29, 1.82) is 0 Å². The highest BCUT2D eigenvalue weighted by atomic mass is 35.5. The number of carbonyl (C=O) groups is 1. The van der Waals surface area contributed by atoms with Crippen LogP contribution in [0.3, 0.4) is 0 Å². The van der Waals surface area contributed by atoms with Crippen LogP contribution in [-0.2, 0) is 6.61 Å². The Morgan fingerprint density at radius 1 is 1.26 bits per heavy atom. The highest BCUT2D eigenvalue weighted by Crippen LogP contribution is 2.33. The van der Waals surface area contributed by atoms with Crippen molar-refractivity contribution in [2.75, 3.05) is 6.54 Å². The Balaban J connectivity index is 1.97. The first-order chi connectivity index (χ1) is 12.6. The Bertz CT molecular complexity index is 780. The maximum Gasteiger partial charge on any atom is 0.573 e. The zero-order valence-corrected chi connectivity index (χ0v) is 15.4. The maximum atomic E-state index is 12.3. The van der Waals surface area contributed by atoms with Crippen molar-refractivity contribution in [3.63, 3.8) is 0 Å². The molecular weight excluding hydrogens is 385 g/mol. The van der Waals surface area contributed by atoms with Crippen LogP contribution in [0.5, 0.6) is 11.5 Å². The molecule has 0 saturated heterocycles. The van der Waals surface area contributed by atoms with E-state index in [1.165, 1.54) is 18.3 Å². The zero-order valence-electron chi connectivity index (χ0n) is 14.6. The van der Waals surface area contributed by atoms with Gasteiger partial charge in [0.1, 0.15) is 18.1 Å². The summed E-state index contributed by atoms with van der Waals surface area (Å²) < 4.78 is 46.3. The number of nitrogens with zero attached hydrogens (tertiary/aromatic N) is 1. The number of pyridine rings is 1. The van der Waals surface area contributed by atoms with Crippen LogP contribution in [0.25, 0.3) is 0 Å². The minimum Gasteiger partial charge on any atom is -0.489 e. The largest absolute Gasteiger partial charge is 0.573 e. The topological polar surface area (TPSA) is 60.5 Å². The van der Waals surface area contributed by atoms with Gasteiger partial charge in [-0.25, -0.2) is 0 Å². The normalized spacial score (nSPS) is 11.4. The molecule has 0 fully saturated rings. The number of halogens is 4. The molecular formula is C18H18ClF3N2O3. The third kappa shape index (κ3) is 6.97. The standard InChI is InChI=1S/C18H18ClF3N2O3/c1-11(2)8-24-17(25)15-6-3-12(9-23-15)10-26-13-4-5-14(19)16(7-13)27-18(20,21)22/h3-7,9,11H,8,10H2,1-2H3,(H,24,25). The van der Waals surface area contributed by atoms with Crippen molar-refractivity contribution in [3.05, 3.63) is 52.8 Å². The molecule has 1 amide bonds. The van der Waals surface area contributed by atoms with Crippen LogP contribution < -0.4 is 14.8 Å². The summed E-state index contributed by atoms with van der Waals surface area (Å²) in [4.78, 5) is 16.0. The Morgan fingerprint density at radius 2 is 2.00 bits per heavy atom. The second-order valence-electron chi connectivity index (χ2n) is 6.08. The molecule has 27 heavy (non-hydrogen) atoms. The minimum atomic E-state index is -4.85. The van der Waals surface area contributed by atoms with Gasteiger partial charge in [-0.05, 0) is 24.1 Å². The molecule has 2 aromatic rings. The fourth-order valence-electron chi connectivity index (χ4n) is 1.97. The predicted octanol–water partition coefficient (Wildman–Crippen LogP) is 4.60. The quantitative estimate of drug-likeness (QED) is 0.735. The van der Waals surface area contributed by atoms with E-state index in [0.717, 1.165) is 6.07 Å². The monoisotopic (exact) mass is 402 g/mol. The van der Waals surface area contributed by atoms with Crippen LogP contribution in [0.1, 0.15) is 29.9 Å². The van der Waals surface area contributed by atoms with Gasteiger partial charge >= 0.3 is 6.36 Å². The first-order valence-corrected chi connectivity index (χ1v) is 8.43. The average Bonchev–Trinajstić information content (AvgIpc) is 2.59. The highest BCUT2D eigenvalue weighted by Gasteiger charge is 2.32. The van der Waals surface area contributed by atoms with E-state index in [-0.39, 0.29) is 29.0 Å². The SMILES string of the molecule is CC(C)CNC(=O)c1ccc(COc2ccc(Cl)c(OC(F)(F)F)c2)cn1. The number of hydrogen-bond acceptors (Lipinski definition) is 4. The molecule has 0 aliphatic heterocycles. The molecule has 0 aliphatic carbocycles. The number of aromatic nitrogens is 1. The van der Waals surface area contributed by atoms with E-state index in [1.54, 1.807) is 12.1 Å². The van der Waals surface area contributed by atoms with Crippen LogP contribution in [0.4, 0.5) is 13.2 Å². The third-order valence-corrected chi connectivity index (χ3v) is 3.57. The predicted molar refractivity (Wildman–Crippen MR) is 93.9 cm³/mol. The van der Waals surface area contributed by atoms with E-state index < -0.39 is 12.1 Å². The molecule has 0 aliphatic rings. The molecule has 1 N–H and O–H groups in total. The second-order valence-corrected chi connectivity index (χ2v) is 6.49. The molecule has 0 radical (unpaired) electrons. The molecule has 1 aromatic heterocycles. The lowest BCUT2D eigenvalue weighted by molar-refractivity contribution is -0.274. The molecule has 0 bridgehead atoms. The van der Waals surface area contributed by atoms with Gasteiger partial charge in [0.05, 0.1) is 5.02 Å². The van der Waals surface area contributed by atoms with Crippen LogP contribution in [0, 0.1) is 5.92 Å². The first-order valence-electron chi connectivity index (χ1n) is 8.05. The maximum absolute atomic E-state index is 12.3. The molecule has 0 spiro atoms. The number of hydrogen-bond donors (Lipinski definition) is 1. The lowest BCUT2D eigenvalue weighted by atomic mass is 10.2. The van der Waals surface area contributed by atoms with Gasteiger partial charge < -0.3 is 14.8 Å². The fourth-order valence-corrected chi connectivity index (χ4v) is 2.13. The van der Waals surface area contributed by atoms with Crippen LogP contribution in [0.15, 0.2) is 36.5 Å². The average molecular weight is 403 g/mol. The highest BCUT2D eigenvalue weighted by molar-refractivity contribution is 6.32. The van der Waals surface area contributed by atoms with Crippen molar-refractivity contribution in [2.45, 2.75) is 26.8 Å². The summed E-state index contributed by atoms with van der Waals surface area (Å²) in [7, 11) is 0. The number of carbonyl (C=O) groups excluding carboxylic acids is 1. The number of benzene rings is 1. The first kappa shape index (κ1) is 20.8. The lowest BCUT2D eigenvalue weighted by Crippen LogP contribution is -2.28. The Kier molecular flexibility index (Phi) is 6.90. The molecule has 0 saturated carbocycles. The Morgan fingerprint density at radius 3 is 2.59 bits per heavy atom. The zero-order chi connectivity index (χ0) is 20.0. The summed E-state index contributed by atoms with van der Waals surface area (Å²) in [5.74, 6) is -0.343. The van der Waals surface area contributed by atoms with Gasteiger partial charge in [-0.2, -0.15) is 0 Å². The van der Waals surface area contributed by atoms with Crippen LogP contribution in [-0.4, -0.2) is 23.8 Å². The molecule has 9 heteroatoms. The van der Waals surface area contributed by atoms with Gasteiger partial charge in [-0.15, -0.1) is 13.2 Å². The van der Waals surface area contributed by atoms with E-state index in [9.17, 15) is 18.0 Å². The van der Waals surface area contributed by atoms with Crippen molar-refractivity contribution < 1.29 is 27.4 Å². The molecule has 1 heterocycles. The molecule has 2 rings (SSSR count). The van der Waals surface area contributed by atoms with Gasteiger partial charge in [0.15, 0.2) is 5.75 Å². The summed E-state index contributed by atoms with van der Waals surface area (Å²) in [6.07, 6.45) is -3.38. The number of alkyl halides is 3. The van der Waals surface area contributed by atoms with Crippen molar-refractivity contribution in [1.82, 2.24) is 10.3 Å². The number of ether oxygens (including phenoxy) is 2. The smallest absolute Gasteiger partial charge is 0.489 e. The van der Waals surface area contributed by atoms with E-state index >= 15 is 0 Å².